The molecule has 1 aliphatic heterocycles. The first-order valence-corrected chi connectivity index (χ1v) is 9.88. The van der Waals surface area contributed by atoms with Gasteiger partial charge in [-0.1, -0.05) is 60.7 Å². The second-order valence-electron chi connectivity index (χ2n) is 7.32. The highest BCUT2D eigenvalue weighted by Crippen LogP contribution is 2.32. The van der Waals surface area contributed by atoms with Gasteiger partial charge in [0.2, 0.25) is 0 Å². The lowest BCUT2D eigenvalue weighted by molar-refractivity contribution is -0.153. The molecule has 0 N–H and O–H groups in total. The molecule has 0 aromatic heterocycles. The zero-order chi connectivity index (χ0) is 19.2. The third kappa shape index (κ3) is 4.57. The maximum absolute atomic E-state index is 12.9. The molecule has 0 amide bonds. The molecule has 1 saturated heterocycles. The van der Waals surface area contributed by atoms with E-state index in [4.69, 9.17) is 4.74 Å². The average Bonchev–Trinajstić information content (AvgIpc) is 2.70. The van der Waals surface area contributed by atoms with Crippen LogP contribution in [-0.2, 0) is 9.53 Å². The maximum atomic E-state index is 12.9. The summed E-state index contributed by atoms with van der Waals surface area (Å²) in [5, 5.41) is 0. The van der Waals surface area contributed by atoms with Gasteiger partial charge in [0.25, 0.3) is 0 Å². The number of hydrogen-bond donors (Lipinski definition) is 0. The smallest absolute Gasteiger partial charge is 0.324 e. The summed E-state index contributed by atoms with van der Waals surface area (Å²) in [6.45, 7) is 9.13. The summed E-state index contributed by atoms with van der Waals surface area (Å²) < 4.78 is 5.45. The van der Waals surface area contributed by atoms with Crippen molar-refractivity contribution in [2.75, 3.05) is 26.2 Å². The van der Waals surface area contributed by atoms with Crippen LogP contribution in [0.2, 0.25) is 0 Å². The van der Waals surface area contributed by atoms with Crippen molar-refractivity contribution in [1.29, 1.82) is 0 Å². The number of hydrogen-bond acceptors (Lipinski definition) is 4. The minimum Gasteiger partial charge on any atom is -0.465 e. The molecular weight excluding hydrogens is 336 g/mol. The van der Waals surface area contributed by atoms with E-state index in [1.807, 2.05) is 19.1 Å². The highest BCUT2D eigenvalue weighted by atomic mass is 16.5. The van der Waals surface area contributed by atoms with Crippen LogP contribution in [-0.4, -0.2) is 54.1 Å². The molecule has 4 nitrogen and oxygen atoms in total. The summed E-state index contributed by atoms with van der Waals surface area (Å²) in [7, 11) is 0. The molecule has 2 aromatic carbocycles. The lowest BCUT2D eigenvalue weighted by Gasteiger charge is -2.45. The topological polar surface area (TPSA) is 32.8 Å². The summed E-state index contributed by atoms with van der Waals surface area (Å²) in [4.78, 5) is 17.5. The fourth-order valence-corrected chi connectivity index (χ4v) is 3.89. The molecule has 1 heterocycles. The molecule has 0 saturated carbocycles. The van der Waals surface area contributed by atoms with Crippen LogP contribution in [0.5, 0.6) is 0 Å². The van der Waals surface area contributed by atoms with Gasteiger partial charge in [0.15, 0.2) is 0 Å². The van der Waals surface area contributed by atoms with Crippen molar-refractivity contribution in [1.82, 2.24) is 9.80 Å². The Morgan fingerprint density at radius 3 is 2.04 bits per heavy atom. The number of rotatable bonds is 6. The highest BCUT2D eigenvalue weighted by Gasteiger charge is 2.39. The molecule has 144 valence electrons. The second kappa shape index (κ2) is 9.16. The number of carbonyl (C=O) groups excluding carboxylic acids is 1. The summed E-state index contributed by atoms with van der Waals surface area (Å²) in [6, 6.07) is 21.1. The van der Waals surface area contributed by atoms with E-state index in [0.717, 1.165) is 13.1 Å². The summed E-state index contributed by atoms with van der Waals surface area (Å²) in [6.07, 6.45) is 0. The molecule has 0 radical (unpaired) electrons. The molecule has 2 aromatic rings. The van der Waals surface area contributed by atoms with Gasteiger partial charge in [-0.15, -0.1) is 0 Å². The van der Waals surface area contributed by atoms with Gasteiger partial charge < -0.3 is 4.74 Å². The van der Waals surface area contributed by atoms with Crippen LogP contribution in [0.25, 0.3) is 0 Å². The molecule has 4 heteroatoms. The van der Waals surface area contributed by atoms with Gasteiger partial charge in [-0.05, 0) is 31.9 Å². The Morgan fingerprint density at radius 2 is 1.56 bits per heavy atom. The normalized spacial score (nSPS) is 18.8. The lowest BCUT2D eigenvalue weighted by Crippen LogP contribution is -2.59. The first-order chi connectivity index (χ1) is 13.1. The van der Waals surface area contributed by atoms with Gasteiger partial charge in [-0.2, -0.15) is 0 Å². The number of esters is 1. The molecule has 3 rings (SSSR count). The minimum absolute atomic E-state index is 0.0381. The van der Waals surface area contributed by atoms with E-state index in [1.54, 1.807) is 0 Å². The summed E-state index contributed by atoms with van der Waals surface area (Å²) in [5.41, 5.74) is 2.41. The standard InChI is InChI=1S/C23H30N2O2/c1-4-27-23(26)21-17-24(18(2)3)15-16-25(21)22(19-11-7-5-8-12-19)20-13-9-6-10-14-20/h5-14,18,21-22H,4,15-17H2,1-3H3. The van der Waals surface area contributed by atoms with Crippen molar-refractivity contribution in [3.05, 3.63) is 71.8 Å². The average molecular weight is 367 g/mol. The second-order valence-corrected chi connectivity index (χ2v) is 7.32. The number of carbonyl (C=O) groups is 1. The van der Waals surface area contributed by atoms with Gasteiger partial charge in [-0.25, -0.2) is 0 Å². The number of piperazine rings is 1. The van der Waals surface area contributed by atoms with Crippen LogP contribution < -0.4 is 0 Å². The number of ether oxygens (including phenoxy) is 1. The summed E-state index contributed by atoms with van der Waals surface area (Å²) in [5.74, 6) is -0.125. The molecular formula is C23H30N2O2. The van der Waals surface area contributed by atoms with Gasteiger partial charge >= 0.3 is 5.97 Å². The van der Waals surface area contributed by atoms with Gasteiger partial charge in [0.05, 0.1) is 12.6 Å². The first kappa shape index (κ1) is 19.6. The SMILES string of the molecule is CCOC(=O)C1CN(C(C)C)CCN1C(c1ccccc1)c1ccccc1. The zero-order valence-electron chi connectivity index (χ0n) is 16.5. The van der Waals surface area contributed by atoms with Gasteiger partial charge in [0.1, 0.15) is 6.04 Å². The van der Waals surface area contributed by atoms with E-state index in [-0.39, 0.29) is 18.1 Å². The van der Waals surface area contributed by atoms with E-state index in [2.05, 4.69) is 72.2 Å². The van der Waals surface area contributed by atoms with E-state index >= 15 is 0 Å². The van der Waals surface area contributed by atoms with E-state index in [9.17, 15) is 4.79 Å². The summed E-state index contributed by atoms with van der Waals surface area (Å²) >= 11 is 0. The van der Waals surface area contributed by atoms with Crippen LogP contribution in [0.3, 0.4) is 0 Å². The quantitative estimate of drug-likeness (QED) is 0.729. The largest absolute Gasteiger partial charge is 0.465 e. The molecule has 1 aliphatic rings. The molecule has 0 spiro atoms. The fourth-order valence-electron chi connectivity index (χ4n) is 3.89. The lowest BCUT2D eigenvalue weighted by atomic mass is 9.94. The van der Waals surface area contributed by atoms with Crippen molar-refractivity contribution in [2.45, 2.75) is 38.9 Å². The third-order valence-corrected chi connectivity index (χ3v) is 5.30. The Labute approximate surface area is 162 Å². The zero-order valence-corrected chi connectivity index (χ0v) is 16.5. The first-order valence-electron chi connectivity index (χ1n) is 9.88. The predicted molar refractivity (Wildman–Crippen MR) is 109 cm³/mol. The van der Waals surface area contributed by atoms with Crippen molar-refractivity contribution < 1.29 is 9.53 Å². The predicted octanol–water partition coefficient (Wildman–Crippen LogP) is 3.73. The Kier molecular flexibility index (Phi) is 6.64. The molecule has 1 fully saturated rings. The van der Waals surface area contributed by atoms with Crippen molar-refractivity contribution >= 4 is 5.97 Å². The maximum Gasteiger partial charge on any atom is 0.324 e. The Hall–Kier alpha value is -2.17. The van der Waals surface area contributed by atoms with E-state index < -0.39 is 0 Å². The van der Waals surface area contributed by atoms with Crippen LogP contribution in [0.15, 0.2) is 60.7 Å². The number of nitrogens with zero attached hydrogens (tertiary/aromatic N) is 2. The fraction of sp³-hybridized carbons (Fsp3) is 0.435. The molecule has 1 atom stereocenters. The van der Waals surface area contributed by atoms with E-state index in [1.165, 1.54) is 11.1 Å². The molecule has 1 unspecified atom stereocenters. The monoisotopic (exact) mass is 366 g/mol. The molecule has 27 heavy (non-hydrogen) atoms. The van der Waals surface area contributed by atoms with Crippen LogP contribution in [0.4, 0.5) is 0 Å². The minimum atomic E-state index is -0.272. The molecule has 0 bridgehead atoms. The van der Waals surface area contributed by atoms with Crippen LogP contribution >= 0.6 is 0 Å². The van der Waals surface area contributed by atoms with Gasteiger partial charge in [0, 0.05) is 25.7 Å². The van der Waals surface area contributed by atoms with Crippen molar-refractivity contribution in [2.24, 2.45) is 0 Å². The van der Waals surface area contributed by atoms with Crippen LogP contribution in [0.1, 0.15) is 37.9 Å². The van der Waals surface area contributed by atoms with E-state index in [0.29, 0.717) is 19.2 Å². The van der Waals surface area contributed by atoms with Crippen molar-refractivity contribution in [3.8, 4) is 0 Å². The Balaban J connectivity index is 1.99. The Bertz CT molecular complexity index is 678. The van der Waals surface area contributed by atoms with Gasteiger partial charge in [-0.3, -0.25) is 14.6 Å². The Morgan fingerprint density at radius 1 is 1.00 bits per heavy atom. The van der Waals surface area contributed by atoms with Crippen LogP contribution in [0, 0.1) is 0 Å². The highest BCUT2D eigenvalue weighted by molar-refractivity contribution is 5.76. The molecule has 0 aliphatic carbocycles. The third-order valence-electron chi connectivity index (χ3n) is 5.30. The number of benzene rings is 2. The van der Waals surface area contributed by atoms with Crippen molar-refractivity contribution in [3.63, 3.8) is 0 Å².